The standard InChI is InChI=1S/C17H20N2O3S/c1-22-11-13-4-2-5-15(10-13)19-16(20)6-3-8-18-17(21)14-7-9-23-12-14/h2,4-5,7,9-10,12H,3,6,8,11H2,1H3,(H,18,21)(H,19,20). The largest absolute Gasteiger partial charge is 0.380 e. The molecule has 0 saturated heterocycles. The van der Waals surface area contributed by atoms with E-state index in [2.05, 4.69) is 10.6 Å². The Morgan fingerprint density at radius 1 is 1.26 bits per heavy atom. The molecule has 0 bridgehead atoms. The molecule has 122 valence electrons. The first-order valence-corrected chi connectivity index (χ1v) is 8.31. The van der Waals surface area contributed by atoms with Gasteiger partial charge in [-0.2, -0.15) is 11.3 Å². The van der Waals surface area contributed by atoms with Crippen molar-refractivity contribution in [2.75, 3.05) is 19.0 Å². The highest BCUT2D eigenvalue weighted by Crippen LogP contribution is 2.12. The van der Waals surface area contributed by atoms with Crippen molar-refractivity contribution in [3.63, 3.8) is 0 Å². The predicted molar refractivity (Wildman–Crippen MR) is 91.7 cm³/mol. The quantitative estimate of drug-likeness (QED) is 0.730. The summed E-state index contributed by atoms with van der Waals surface area (Å²) < 4.78 is 5.07. The summed E-state index contributed by atoms with van der Waals surface area (Å²) in [4.78, 5) is 23.6. The van der Waals surface area contributed by atoms with Crippen LogP contribution >= 0.6 is 11.3 Å². The third kappa shape index (κ3) is 5.84. The molecule has 2 N–H and O–H groups in total. The van der Waals surface area contributed by atoms with Gasteiger partial charge in [0.15, 0.2) is 0 Å². The lowest BCUT2D eigenvalue weighted by Crippen LogP contribution is -2.25. The molecular weight excluding hydrogens is 312 g/mol. The molecule has 0 aliphatic rings. The molecule has 0 aliphatic heterocycles. The van der Waals surface area contributed by atoms with Gasteiger partial charge < -0.3 is 15.4 Å². The molecule has 0 radical (unpaired) electrons. The molecule has 0 unspecified atom stereocenters. The van der Waals surface area contributed by atoms with E-state index in [1.165, 1.54) is 11.3 Å². The lowest BCUT2D eigenvalue weighted by Gasteiger charge is -2.08. The second-order valence-corrected chi connectivity index (χ2v) is 5.83. The van der Waals surface area contributed by atoms with Gasteiger partial charge in [0, 0.05) is 36.7 Å². The SMILES string of the molecule is COCc1cccc(NC(=O)CCCNC(=O)c2ccsc2)c1. The Balaban J connectivity index is 1.69. The number of hydrogen-bond acceptors (Lipinski definition) is 4. The van der Waals surface area contributed by atoms with Crippen LogP contribution in [-0.4, -0.2) is 25.5 Å². The number of hydrogen-bond donors (Lipinski definition) is 2. The number of carbonyl (C=O) groups is 2. The van der Waals surface area contributed by atoms with Crippen LogP contribution in [0.25, 0.3) is 0 Å². The molecule has 0 fully saturated rings. The Hall–Kier alpha value is -2.18. The van der Waals surface area contributed by atoms with Crippen LogP contribution in [0.4, 0.5) is 5.69 Å². The maximum Gasteiger partial charge on any atom is 0.252 e. The summed E-state index contributed by atoms with van der Waals surface area (Å²) in [7, 11) is 1.63. The van der Waals surface area contributed by atoms with Crippen molar-refractivity contribution in [3.05, 3.63) is 52.2 Å². The van der Waals surface area contributed by atoms with Gasteiger partial charge in [-0.25, -0.2) is 0 Å². The first kappa shape index (κ1) is 17.2. The minimum atomic E-state index is -0.0982. The third-order valence-corrected chi connectivity index (χ3v) is 3.85. The molecule has 0 saturated carbocycles. The van der Waals surface area contributed by atoms with Gasteiger partial charge in [-0.3, -0.25) is 9.59 Å². The zero-order valence-electron chi connectivity index (χ0n) is 13.0. The second-order valence-electron chi connectivity index (χ2n) is 5.05. The average molecular weight is 332 g/mol. The smallest absolute Gasteiger partial charge is 0.252 e. The van der Waals surface area contributed by atoms with Crippen LogP contribution < -0.4 is 10.6 Å². The normalized spacial score (nSPS) is 10.3. The van der Waals surface area contributed by atoms with Crippen molar-refractivity contribution in [2.45, 2.75) is 19.4 Å². The Labute approximate surface area is 139 Å². The Morgan fingerprint density at radius 3 is 2.87 bits per heavy atom. The number of methoxy groups -OCH3 is 1. The number of ether oxygens (including phenoxy) is 1. The van der Waals surface area contributed by atoms with Crippen LogP contribution in [0.15, 0.2) is 41.1 Å². The van der Waals surface area contributed by atoms with Gasteiger partial charge in [0.1, 0.15) is 0 Å². The molecule has 1 heterocycles. The van der Waals surface area contributed by atoms with E-state index in [1.54, 1.807) is 18.6 Å². The molecule has 0 atom stereocenters. The van der Waals surface area contributed by atoms with Gasteiger partial charge in [-0.15, -0.1) is 0 Å². The zero-order chi connectivity index (χ0) is 16.5. The average Bonchev–Trinajstić information content (AvgIpc) is 3.06. The topological polar surface area (TPSA) is 67.4 Å². The van der Waals surface area contributed by atoms with Crippen molar-refractivity contribution in [2.24, 2.45) is 0 Å². The first-order valence-electron chi connectivity index (χ1n) is 7.37. The fourth-order valence-electron chi connectivity index (χ4n) is 2.08. The highest BCUT2D eigenvalue weighted by atomic mass is 32.1. The molecule has 6 heteroatoms. The van der Waals surface area contributed by atoms with E-state index in [1.807, 2.05) is 29.6 Å². The zero-order valence-corrected chi connectivity index (χ0v) is 13.8. The summed E-state index contributed by atoms with van der Waals surface area (Å²) in [5.41, 5.74) is 2.43. The van der Waals surface area contributed by atoms with Gasteiger partial charge in [0.2, 0.25) is 5.91 Å². The molecule has 2 aromatic rings. The summed E-state index contributed by atoms with van der Waals surface area (Å²) >= 11 is 1.48. The first-order chi connectivity index (χ1) is 11.2. The third-order valence-electron chi connectivity index (χ3n) is 3.17. The maximum absolute atomic E-state index is 11.9. The number of nitrogens with one attached hydrogen (secondary N) is 2. The summed E-state index contributed by atoms with van der Waals surface area (Å²) in [6.07, 6.45) is 0.956. The molecular formula is C17H20N2O3S. The minimum absolute atomic E-state index is 0.0654. The number of amides is 2. The van der Waals surface area contributed by atoms with Gasteiger partial charge >= 0.3 is 0 Å². The lowest BCUT2D eigenvalue weighted by atomic mass is 10.2. The van der Waals surface area contributed by atoms with Crippen LogP contribution in [0.3, 0.4) is 0 Å². The van der Waals surface area contributed by atoms with E-state index in [0.29, 0.717) is 31.6 Å². The summed E-state index contributed by atoms with van der Waals surface area (Å²) in [5.74, 6) is -0.164. The Morgan fingerprint density at radius 2 is 2.13 bits per heavy atom. The van der Waals surface area contributed by atoms with Crippen LogP contribution in [0.2, 0.25) is 0 Å². The van der Waals surface area contributed by atoms with Crippen molar-refractivity contribution >= 4 is 28.8 Å². The van der Waals surface area contributed by atoms with Gasteiger partial charge in [0.05, 0.1) is 6.61 Å². The number of anilines is 1. The van der Waals surface area contributed by atoms with E-state index >= 15 is 0 Å². The summed E-state index contributed by atoms with van der Waals surface area (Å²) in [6, 6.07) is 9.33. The highest BCUT2D eigenvalue weighted by Gasteiger charge is 2.06. The maximum atomic E-state index is 11.9. The van der Waals surface area contributed by atoms with Crippen LogP contribution in [0, 0.1) is 0 Å². The van der Waals surface area contributed by atoms with E-state index < -0.39 is 0 Å². The van der Waals surface area contributed by atoms with Gasteiger partial charge in [0.25, 0.3) is 5.91 Å². The number of carbonyl (C=O) groups excluding carboxylic acids is 2. The molecule has 0 aliphatic carbocycles. The Bertz CT molecular complexity index is 641. The number of thiophene rings is 1. The van der Waals surface area contributed by atoms with E-state index in [0.717, 1.165) is 11.3 Å². The molecule has 23 heavy (non-hydrogen) atoms. The summed E-state index contributed by atoms with van der Waals surface area (Å²) in [6.45, 7) is 0.990. The molecule has 5 nitrogen and oxygen atoms in total. The van der Waals surface area contributed by atoms with Crippen molar-refractivity contribution < 1.29 is 14.3 Å². The number of benzene rings is 1. The fraction of sp³-hybridized carbons (Fsp3) is 0.294. The van der Waals surface area contributed by atoms with E-state index in [9.17, 15) is 9.59 Å². The fourth-order valence-corrected chi connectivity index (χ4v) is 2.71. The van der Waals surface area contributed by atoms with Crippen molar-refractivity contribution in [3.8, 4) is 0 Å². The highest BCUT2D eigenvalue weighted by molar-refractivity contribution is 7.08. The summed E-state index contributed by atoms with van der Waals surface area (Å²) in [5, 5.41) is 9.31. The Kier molecular flexibility index (Phi) is 6.77. The molecule has 2 amide bonds. The van der Waals surface area contributed by atoms with Gasteiger partial charge in [-0.1, -0.05) is 12.1 Å². The molecule has 1 aromatic carbocycles. The lowest BCUT2D eigenvalue weighted by molar-refractivity contribution is -0.116. The van der Waals surface area contributed by atoms with Crippen molar-refractivity contribution in [1.82, 2.24) is 5.32 Å². The van der Waals surface area contributed by atoms with Gasteiger partial charge in [-0.05, 0) is 35.6 Å². The monoisotopic (exact) mass is 332 g/mol. The van der Waals surface area contributed by atoms with Crippen LogP contribution in [0.5, 0.6) is 0 Å². The van der Waals surface area contributed by atoms with Crippen LogP contribution in [-0.2, 0) is 16.1 Å². The predicted octanol–water partition coefficient (Wildman–Crippen LogP) is 3.04. The van der Waals surface area contributed by atoms with Crippen LogP contribution in [0.1, 0.15) is 28.8 Å². The molecule has 0 spiro atoms. The van der Waals surface area contributed by atoms with E-state index in [-0.39, 0.29) is 11.8 Å². The minimum Gasteiger partial charge on any atom is -0.380 e. The molecule has 1 aromatic heterocycles. The van der Waals surface area contributed by atoms with E-state index in [4.69, 9.17) is 4.74 Å². The number of rotatable bonds is 8. The van der Waals surface area contributed by atoms with Crippen molar-refractivity contribution in [1.29, 1.82) is 0 Å². The molecule has 2 rings (SSSR count). The second kappa shape index (κ2) is 9.07.